The lowest BCUT2D eigenvalue weighted by molar-refractivity contribution is 0.154. The van der Waals surface area contributed by atoms with Gasteiger partial charge in [0.15, 0.2) is 5.82 Å². The molecule has 0 spiro atoms. The normalized spacial score (nSPS) is 19.3. The van der Waals surface area contributed by atoms with Crippen LogP contribution >= 0.6 is 11.8 Å². The summed E-state index contributed by atoms with van der Waals surface area (Å²) in [5.74, 6) is 2.39. The molecule has 0 radical (unpaired) electrons. The fraction of sp³-hybridized carbons (Fsp3) is 0.833. The van der Waals surface area contributed by atoms with E-state index in [1.807, 2.05) is 11.8 Å². The Hall–Kier alpha value is -0.590. The van der Waals surface area contributed by atoms with E-state index >= 15 is 0 Å². The third-order valence-corrected chi connectivity index (χ3v) is 4.18. The number of rotatable bonds is 5. The lowest BCUT2D eigenvalue weighted by Gasteiger charge is -2.30. The van der Waals surface area contributed by atoms with Gasteiger partial charge in [0.2, 0.25) is 5.89 Å². The van der Waals surface area contributed by atoms with Crippen LogP contribution < -0.4 is 5.32 Å². The molecule has 18 heavy (non-hydrogen) atoms. The lowest BCUT2D eigenvalue weighted by Crippen LogP contribution is -2.44. The summed E-state index contributed by atoms with van der Waals surface area (Å²) < 4.78 is 5.38. The van der Waals surface area contributed by atoms with Crippen LogP contribution in [-0.2, 0) is 5.75 Å². The van der Waals surface area contributed by atoms with Crippen LogP contribution in [0.15, 0.2) is 4.52 Å². The minimum absolute atomic E-state index is 0.220. The van der Waals surface area contributed by atoms with E-state index in [1.165, 1.54) is 0 Å². The Morgan fingerprint density at radius 2 is 2.06 bits per heavy atom. The van der Waals surface area contributed by atoms with Crippen LogP contribution in [0.2, 0.25) is 0 Å². The highest BCUT2D eigenvalue weighted by molar-refractivity contribution is 7.99. The van der Waals surface area contributed by atoms with E-state index in [4.69, 9.17) is 4.52 Å². The van der Waals surface area contributed by atoms with E-state index in [9.17, 15) is 0 Å². The van der Waals surface area contributed by atoms with Crippen molar-refractivity contribution in [3.8, 4) is 0 Å². The molecule has 6 heteroatoms. The molecule has 0 aromatic carbocycles. The Kier molecular flexibility index (Phi) is 5.03. The molecule has 5 nitrogen and oxygen atoms in total. The van der Waals surface area contributed by atoms with Gasteiger partial charge in [-0.2, -0.15) is 16.7 Å². The maximum atomic E-state index is 5.38. The Bertz CT molecular complexity index is 363. The van der Waals surface area contributed by atoms with Gasteiger partial charge in [-0.3, -0.25) is 4.90 Å². The molecule has 0 saturated carbocycles. The molecule has 102 valence electrons. The van der Waals surface area contributed by atoms with E-state index in [0.29, 0.717) is 5.25 Å². The van der Waals surface area contributed by atoms with Crippen LogP contribution in [0.3, 0.4) is 0 Å². The first kappa shape index (κ1) is 13.8. The summed E-state index contributed by atoms with van der Waals surface area (Å²) >= 11 is 1.84. The fourth-order valence-electron chi connectivity index (χ4n) is 1.96. The largest absolute Gasteiger partial charge is 0.338 e. The first-order chi connectivity index (χ1) is 8.66. The van der Waals surface area contributed by atoms with Crippen LogP contribution in [0.1, 0.15) is 38.5 Å². The van der Waals surface area contributed by atoms with Crippen LogP contribution in [0.25, 0.3) is 0 Å². The monoisotopic (exact) mass is 270 g/mol. The zero-order chi connectivity index (χ0) is 13.0. The average molecular weight is 270 g/mol. The number of hydrogen-bond donors (Lipinski definition) is 1. The minimum atomic E-state index is 0.220. The number of nitrogens with zero attached hydrogens (tertiary/aromatic N) is 3. The van der Waals surface area contributed by atoms with E-state index in [0.717, 1.165) is 43.6 Å². The van der Waals surface area contributed by atoms with Crippen molar-refractivity contribution in [2.24, 2.45) is 0 Å². The quantitative estimate of drug-likeness (QED) is 0.878. The van der Waals surface area contributed by atoms with Gasteiger partial charge in [-0.15, -0.1) is 0 Å². The van der Waals surface area contributed by atoms with Crippen LogP contribution in [0.5, 0.6) is 0 Å². The molecule has 1 aliphatic heterocycles. The second-order valence-electron chi connectivity index (χ2n) is 4.87. The second-order valence-corrected chi connectivity index (χ2v) is 6.44. The molecule has 1 saturated heterocycles. The summed E-state index contributed by atoms with van der Waals surface area (Å²) in [6.07, 6.45) is 0. The van der Waals surface area contributed by atoms with Gasteiger partial charge in [-0.05, 0) is 12.2 Å². The molecule has 0 aliphatic carbocycles. The van der Waals surface area contributed by atoms with E-state index in [2.05, 4.69) is 41.1 Å². The minimum Gasteiger partial charge on any atom is -0.338 e. The van der Waals surface area contributed by atoms with Gasteiger partial charge >= 0.3 is 0 Å². The predicted octanol–water partition coefficient (Wildman–Crippen LogP) is 1.68. The molecule has 1 fully saturated rings. The van der Waals surface area contributed by atoms with Gasteiger partial charge in [0.25, 0.3) is 0 Å². The summed E-state index contributed by atoms with van der Waals surface area (Å²) in [6.45, 7) is 10.6. The van der Waals surface area contributed by atoms with Crippen molar-refractivity contribution in [3.63, 3.8) is 0 Å². The molecular weight excluding hydrogens is 248 g/mol. The van der Waals surface area contributed by atoms with Crippen LogP contribution in [-0.4, -0.2) is 46.5 Å². The topological polar surface area (TPSA) is 54.2 Å². The van der Waals surface area contributed by atoms with Gasteiger partial charge < -0.3 is 9.84 Å². The number of aromatic nitrogens is 2. The molecule has 1 atom stereocenters. The third-order valence-electron chi connectivity index (χ3n) is 3.09. The molecule has 1 aromatic rings. The molecule has 1 aliphatic rings. The second kappa shape index (κ2) is 6.54. The Morgan fingerprint density at radius 1 is 1.33 bits per heavy atom. The van der Waals surface area contributed by atoms with Crippen molar-refractivity contribution in [2.75, 3.05) is 26.2 Å². The van der Waals surface area contributed by atoms with Crippen molar-refractivity contribution in [1.82, 2.24) is 20.4 Å². The lowest BCUT2D eigenvalue weighted by atomic mass is 10.2. The van der Waals surface area contributed by atoms with Crippen LogP contribution in [0, 0.1) is 0 Å². The molecule has 2 rings (SSSR count). The maximum Gasteiger partial charge on any atom is 0.243 e. The van der Waals surface area contributed by atoms with E-state index in [-0.39, 0.29) is 6.04 Å². The van der Waals surface area contributed by atoms with Gasteiger partial charge in [0.05, 0.1) is 11.8 Å². The van der Waals surface area contributed by atoms with Gasteiger partial charge in [0.1, 0.15) is 0 Å². The SMILES string of the molecule is CC(C)SCc1noc(C(C)N2CCNCC2)n1. The number of thioether (sulfide) groups is 1. The highest BCUT2D eigenvalue weighted by Gasteiger charge is 2.22. The number of nitrogens with one attached hydrogen (secondary N) is 1. The summed E-state index contributed by atoms with van der Waals surface area (Å²) in [5.41, 5.74) is 0. The Labute approximate surface area is 113 Å². The molecule has 1 unspecified atom stereocenters. The highest BCUT2D eigenvalue weighted by atomic mass is 32.2. The molecule has 0 amide bonds. The molecule has 2 heterocycles. The Balaban J connectivity index is 1.91. The first-order valence-electron chi connectivity index (χ1n) is 6.55. The van der Waals surface area contributed by atoms with Crippen molar-refractivity contribution >= 4 is 11.8 Å². The summed E-state index contributed by atoms with van der Waals surface area (Å²) in [4.78, 5) is 6.87. The smallest absolute Gasteiger partial charge is 0.243 e. The number of piperazine rings is 1. The molecular formula is C12H22N4OS. The highest BCUT2D eigenvalue weighted by Crippen LogP contribution is 2.21. The summed E-state index contributed by atoms with van der Waals surface area (Å²) in [6, 6.07) is 0.220. The first-order valence-corrected chi connectivity index (χ1v) is 7.60. The summed E-state index contributed by atoms with van der Waals surface area (Å²) in [7, 11) is 0. The van der Waals surface area contributed by atoms with Crippen molar-refractivity contribution in [2.45, 2.75) is 37.8 Å². The zero-order valence-corrected chi connectivity index (χ0v) is 12.2. The van der Waals surface area contributed by atoms with Gasteiger partial charge in [-0.1, -0.05) is 19.0 Å². The standard InChI is InChI=1S/C12H22N4OS/c1-9(2)18-8-11-14-12(17-15-11)10(3)16-6-4-13-5-7-16/h9-10,13H,4-8H2,1-3H3. The van der Waals surface area contributed by atoms with E-state index < -0.39 is 0 Å². The maximum absolute atomic E-state index is 5.38. The van der Waals surface area contributed by atoms with Crippen molar-refractivity contribution in [1.29, 1.82) is 0 Å². The third kappa shape index (κ3) is 3.70. The number of hydrogen-bond acceptors (Lipinski definition) is 6. The zero-order valence-electron chi connectivity index (χ0n) is 11.3. The Morgan fingerprint density at radius 3 is 2.72 bits per heavy atom. The molecule has 1 aromatic heterocycles. The predicted molar refractivity (Wildman–Crippen MR) is 73.6 cm³/mol. The fourth-order valence-corrected chi connectivity index (χ4v) is 2.56. The van der Waals surface area contributed by atoms with Crippen molar-refractivity contribution < 1.29 is 4.52 Å². The average Bonchev–Trinajstić information content (AvgIpc) is 2.85. The van der Waals surface area contributed by atoms with E-state index in [1.54, 1.807) is 0 Å². The molecule has 1 N–H and O–H groups in total. The summed E-state index contributed by atoms with van der Waals surface area (Å²) in [5, 5.41) is 8.00. The van der Waals surface area contributed by atoms with Gasteiger partial charge in [0, 0.05) is 26.2 Å². The van der Waals surface area contributed by atoms with Gasteiger partial charge in [-0.25, -0.2) is 0 Å². The van der Waals surface area contributed by atoms with Crippen molar-refractivity contribution in [3.05, 3.63) is 11.7 Å². The molecule has 0 bridgehead atoms. The van der Waals surface area contributed by atoms with Crippen LogP contribution in [0.4, 0.5) is 0 Å².